The highest BCUT2D eigenvalue weighted by Gasteiger charge is 2.26. The summed E-state index contributed by atoms with van der Waals surface area (Å²) in [7, 11) is 0. The molecule has 0 spiro atoms. The van der Waals surface area contributed by atoms with Crippen LogP contribution in [0.5, 0.6) is 0 Å². The Morgan fingerprint density at radius 2 is 2.10 bits per heavy atom. The molecule has 1 aliphatic rings. The number of carbonyl (C=O) groups excluding carboxylic acids is 1. The lowest BCUT2D eigenvalue weighted by molar-refractivity contribution is -0.110. The summed E-state index contributed by atoms with van der Waals surface area (Å²) >= 11 is 6.90. The van der Waals surface area contributed by atoms with Crippen LogP contribution in [0, 0.1) is 0 Å². The quantitative estimate of drug-likeness (QED) is 0.736. The number of fused-ring (bicyclic) bond motifs is 1. The van der Waals surface area contributed by atoms with Gasteiger partial charge >= 0.3 is 0 Å². The number of rotatable bonds is 2. The van der Waals surface area contributed by atoms with Crippen LogP contribution in [0.3, 0.4) is 0 Å². The van der Waals surface area contributed by atoms with Gasteiger partial charge in [0.05, 0.1) is 11.3 Å². The van der Waals surface area contributed by atoms with Gasteiger partial charge in [-0.2, -0.15) is 0 Å². The number of hydrogen-bond acceptors (Lipinski definition) is 2. The summed E-state index contributed by atoms with van der Waals surface area (Å²) in [6.45, 7) is 2.03. The summed E-state index contributed by atoms with van der Waals surface area (Å²) in [6, 6.07) is 7.64. The van der Waals surface area contributed by atoms with Gasteiger partial charge in [0, 0.05) is 20.9 Å². The van der Waals surface area contributed by atoms with E-state index in [9.17, 15) is 4.79 Å². The monoisotopic (exact) mass is 395 g/mol. The Bertz CT molecular complexity index is 731. The summed E-state index contributed by atoms with van der Waals surface area (Å²) in [5, 5.41) is 2.87. The van der Waals surface area contributed by atoms with Crippen LogP contribution in [0.15, 0.2) is 37.6 Å². The third-order valence-electron chi connectivity index (χ3n) is 3.15. The minimum Gasteiger partial charge on any atom is -0.462 e. The molecule has 0 fully saturated rings. The fourth-order valence-corrected chi connectivity index (χ4v) is 3.49. The van der Waals surface area contributed by atoms with Gasteiger partial charge in [-0.1, -0.05) is 22.9 Å². The fraction of sp³-hybridized carbons (Fsp3) is 0.133. The van der Waals surface area contributed by atoms with Crippen molar-refractivity contribution in [1.29, 1.82) is 0 Å². The van der Waals surface area contributed by atoms with Crippen molar-refractivity contribution in [3.05, 3.63) is 50.3 Å². The SMILES string of the molecule is CCc1ccc(C=C2C(=O)Nc3c(Br)cc(Br)cc32)o1. The van der Waals surface area contributed by atoms with Crippen LogP contribution in [0.2, 0.25) is 0 Å². The lowest BCUT2D eigenvalue weighted by atomic mass is 10.1. The van der Waals surface area contributed by atoms with Crippen molar-refractivity contribution in [2.24, 2.45) is 0 Å². The maximum Gasteiger partial charge on any atom is 0.256 e. The Morgan fingerprint density at radius 1 is 1.30 bits per heavy atom. The van der Waals surface area contributed by atoms with E-state index in [1.165, 1.54) is 0 Å². The van der Waals surface area contributed by atoms with Crippen LogP contribution in [-0.4, -0.2) is 5.91 Å². The van der Waals surface area contributed by atoms with Gasteiger partial charge in [-0.05, 0) is 46.3 Å². The van der Waals surface area contributed by atoms with Crippen LogP contribution in [0.4, 0.5) is 5.69 Å². The molecule has 1 aromatic carbocycles. The molecule has 0 aliphatic carbocycles. The number of nitrogens with one attached hydrogen (secondary N) is 1. The van der Waals surface area contributed by atoms with Crippen molar-refractivity contribution >= 4 is 55.1 Å². The van der Waals surface area contributed by atoms with Crippen molar-refractivity contribution in [2.45, 2.75) is 13.3 Å². The topological polar surface area (TPSA) is 42.2 Å². The minimum atomic E-state index is -0.117. The Hall–Kier alpha value is -1.33. The number of halogens is 2. The molecule has 0 unspecified atom stereocenters. The van der Waals surface area contributed by atoms with E-state index in [2.05, 4.69) is 37.2 Å². The molecular formula is C15H11Br2NO2. The lowest BCUT2D eigenvalue weighted by Gasteiger charge is -2.02. The van der Waals surface area contributed by atoms with Gasteiger partial charge in [0.15, 0.2) is 0 Å². The average molecular weight is 397 g/mol. The Kier molecular flexibility index (Phi) is 3.56. The van der Waals surface area contributed by atoms with Crippen LogP contribution in [0.1, 0.15) is 24.0 Å². The highest BCUT2D eigenvalue weighted by Crippen LogP contribution is 2.40. The lowest BCUT2D eigenvalue weighted by Crippen LogP contribution is -2.03. The number of carbonyl (C=O) groups is 1. The van der Waals surface area contributed by atoms with Gasteiger partial charge in [0.25, 0.3) is 5.91 Å². The standard InChI is InChI=1S/C15H11Br2NO2/c1-2-9-3-4-10(20-9)7-12-11-5-8(16)6-13(17)14(11)18-15(12)19/h3-7H,2H2,1H3,(H,18,19). The zero-order valence-electron chi connectivity index (χ0n) is 10.7. The molecule has 102 valence electrons. The first kappa shape index (κ1) is 13.6. The van der Waals surface area contributed by atoms with E-state index in [4.69, 9.17) is 4.42 Å². The predicted molar refractivity (Wildman–Crippen MR) is 86.4 cm³/mol. The molecule has 1 amide bonds. The third kappa shape index (κ3) is 2.36. The molecule has 20 heavy (non-hydrogen) atoms. The van der Waals surface area contributed by atoms with Crippen LogP contribution in [0.25, 0.3) is 11.6 Å². The second-order valence-corrected chi connectivity index (χ2v) is 6.25. The first-order valence-electron chi connectivity index (χ1n) is 6.19. The van der Waals surface area contributed by atoms with Gasteiger partial charge in [-0.15, -0.1) is 0 Å². The molecule has 0 saturated heterocycles. The number of benzene rings is 1. The van der Waals surface area contributed by atoms with Gasteiger partial charge < -0.3 is 9.73 Å². The molecule has 1 aromatic heterocycles. The molecule has 1 aliphatic heterocycles. The zero-order chi connectivity index (χ0) is 14.3. The highest BCUT2D eigenvalue weighted by molar-refractivity contribution is 9.11. The zero-order valence-corrected chi connectivity index (χ0v) is 13.8. The molecule has 0 bridgehead atoms. The molecule has 5 heteroatoms. The van der Waals surface area contributed by atoms with Crippen molar-refractivity contribution in [3.63, 3.8) is 0 Å². The number of hydrogen-bond donors (Lipinski definition) is 1. The fourth-order valence-electron chi connectivity index (χ4n) is 2.16. The Balaban J connectivity index is 2.10. The van der Waals surface area contributed by atoms with Crippen LogP contribution < -0.4 is 5.32 Å². The number of anilines is 1. The summed E-state index contributed by atoms with van der Waals surface area (Å²) in [5.41, 5.74) is 2.27. The molecule has 0 saturated carbocycles. The summed E-state index contributed by atoms with van der Waals surface area (Å²) in [5.74, 6) is 1.48. The number of aryl methyl sites for hydroxylation is 1. The Labute approximate surface area is 133 Å². The second kappa shape index (κ2) is 5.22. The number of furan rings is 1. The summed E-state index contributed by atoms with van der Waals surface area (Å²) in [4.78, 5) is 12.1. The van der Waals surface area contributed by atoms with Crippen molar-refractivity contribution in [2.75, 3.05) is 5.32 Å². The van der Waals surface area contributed by atoms with E-state index in [0.717, 1.165) is 32.4 Å². The van der Waals surface area contributed by atoms with Gasteiger partial charge in [0.1, 0.15) is 11.5 Å². The minimum absolute atomic E-state index is 0.117. The maximum atomic E-state index is 12.1. The van der Waals surface area contributed by atoms with Gasteiger partial charge in [0.2, 0.25) is 0 Å². The van der Waals surface area contributed by atoms with Crippen molar-refractivity contribution < 1.29 is 9.21 Å². The molecular weight excluding hydrogens is 386 g/mol. The van der Waals surface area contributed by atoms with Crippen LogP contribution >= 0.6 is 31.9 Å². The average Bonchev–Trinajstić information content (AvgIpc) is 2.97. The first-order valence-corrected chi connectivity index (χ1v) is 7.78. The summed E-state index contributed by atoms with van der Waals surface area (Å²) < 4.78 is 7.41. The molecule has 2 aromatic rings. The predicted octanol–water partition coefficient (Wildman–Crippen LogP) is 4.86. The van der Waals surface area contributed by atoms with E-state index in [0.29, 0.717) is 11.3 Å². The molecule has 3 rings (SSSR count). The number of amides is 1. The van der Waals surface area contributed by atoms with E-state index in [-0.39, 0.29) is 5.91 Å². The maximum absolute atomic E-state index is 12.1. The molecule has 2 heterocycles. The highest BCUT2D eigenvalue weighted by atomic mass is 79.9. The first-order chi connectivity index (χ1) is 9.58. The van der Waals surface area contributed by atoms with Gasteiger partial charge in [-0.3, -0.25) is 4.79 Å². The normalized spacial score (nSPS) is 15.6. The van der Waals surface area contributed by atoms with Crippen LogP contribution in [-0.2, 0) is 11.2 Å². The molecule has 1 N–H and O–H groups in total. The summed E-state index contributed by atoms with van der Waals surface area (Å²) in [6.07, 6.45) is 2.61. The van der Waals surface area contributed by atoms with E-state index in [1.807, 2.05) is 31.2 Å². The van der Waals surface area contributed by atoms with Crippen molar-refractivity contribution in [1.82, 2.24) is 0 Å². The third-order valence-corrected chi connectivity index (χ3v) is 4.23. The second-order valence-electron chi connectivity index (χ2n) is 4.48. The smallest absolute Gasteiger partial charge is 0.256 e. The molecule has 0 radical (unpaired) electrons. The van der Waals surface area contributed by atoms with Crippen molar-refractivity contribution in [3.8, 4) is 0 Å². The Morgan fingerprint density at radius 3 is 2.80 bits per heavy atom. The molecule has 0 atom stereocenters. The molecule has 3 nitrogen and oxygen atoms in total. The van der Waals surface area contributed by atoms with E-state index in [1.54, 1.807) is 6.08 Å². The van der Waals surface area contributed by atoms with E-state index < -0.39 is 0 Å². The van der Waals surface area contributed by atoms with E-state index >= 15 is 0 Å². The van der Waals surface area contributed by atoms with Gasteiger partial charge in [-0.25, -0.2) is 0 Å². The largest absolute Gasteiger partial charge is 0.462 e.